The van der Waals surface area contributed by atoms with Crippen LogP contribution in [0.5, 0.6) is 0 Å². The molecule has 2 N–H and O–H groups in total. The highest BCUT2D eigenvalue weighted by atomic mass is 16.1. The number of rotatable bonds is 4. The number of anilines is 1. The zero-order chi connectivity index (χ0) is 14.6. The van der Waals surface area contributed by atoms with Gasteiger partial charge in [-0.15, -0.1) is 0 Å². The lowest BCUT2D eigenvalue weighted by molar-refractivity contribution is 0.0902. The smallest absolute Gasteiger partial charge is 0.251 e. The highest BCUT2D eigenvalue weighted by molar-refractivity contribution is 5.94. The second kappa shape index (κ2) is 6.29. The summed E-state index contributed by atoms with van der Waals surface area (Å²) in [5.74, 6) is 0.0516. The topological polar surface area (TPSA) is 41.1 Å². The van der Waals surface area contributed by atoms with Crippen LogP contribution in [0.3, 0.4) is 0 Å². The van der Waals surface area contributed by atoms with Crippen LogP contribution >= 0.6 is 0 Å². The van der Waals surface area contributed by atoms with Gasteiger partial charge in [0.2, 0.25) is 0 Å². The maximum atomic E-state index is 12.3. The van der Waals surface area contributed by atoms with Crippen LogP contribution in [0.1, 0.15) is 56.8 Å². The Morgan fingerprint density at radius 1 is 1.30 bits per heavy atom. The fourth-order valence-corrected chi connectivity index (χ4v) is 3.03. The largest absolute Gasteiger partial charge is 0.385 e. The Bertz CT molecular complexity index is 451. The molecule has 1 atom stereocenters. The lowest BCUT2D eigenvalue weighted by atomic mass is 9.75. The fourth-order valence-electron chi connectivity index (χ4n) is 3.03. The molecule has 1 aliphatic carbocycles. The highest BCUT2D eigenvalue weighted by Crippen LogP contribution is 2.35. The second-order valence-corrected chi connectivity index (χ2v) is 6.54. The van der Waals surface area contributed by atoms with Gasteiger partial charge >= 0.3 is 0 Å². The molecule has 1 saturated carbocycles. The summed E-state index contributed by atoms with van der Waals surface area (Å²) in [6.45, 7) is 7.53. The summed E-state index contributed by atoms with van der Waals surface area (Å²) >= 11 is 0. The molecule has 0 spiro atoms. The highest BCUT2D eigenvalue weighted by Gasteiger charge is 2.28. The summed E-state index contributed by atoms with van der Waals surface area (Å²) in [4.78, 5) is 12.3. The zero-order valence-corrected chi connectivity index (χ0v) is 12.8. The Hall–Kier alpha value is -1.51. The van der Waals surface area contributed by atoms with Crippen LogP contribution in [-0.2, 0) is 0 Å². The first kappa shape index (κ1) is 14.9. The average molecular weight is 274 g/mol. The van der Waals surface area contributed by atoms with E-state index in [9.17, 15) is 4.79 Å². The van der Waals surface area contributed by atoms with Gasteiger partial charge in [-0.05, 0) is 55.9 Å². The number of benzene rings is 1. The van der Waals surface area contributed by atoms with Gasteiger partial charge < -0.3 is 10.6 Å². The van der Waals surface area contributed by atoms with Crippen LogP contribution in [0.25, 0.3) is 0 Å². The van der Waals surface area contributed by atoms with Crippen LogP contribution in [0.4, 0.5) is 5.69 Å². The van der Waals surface area contributed by atoms with Crippen molar-refractivity contribution >= 4 is 11.6 Å². The van der Waals surface area contributed by atoms with E-state index in [1.54, 1.807) is 0 Å². The van der Waals surface area contributed by atoms with E-state index in [2.05, 4.69) is 31.4 Å². The lowest BCUT2D eigenvalue weighted by Crippen LogP contribution is -2.40. The van der Waals surface area contributed by atoms with Crippen LogP contribution in [-0.4, -0.2) is 18.5 Å². The molecule has 2 rings (SSSR count). The Morgan fingerprint density at radius 3 is 2.60 bits per heavy atom. The van der Waals surface area contributed by atoms with E-state index in [0.717, 1.165) is 30.6 Å². The van der Waals surface area contributed by atoms with Crippen molar-refractivity contribution < 1.29 is 4.79 Å². The van der Waals surface area contributed by atoms with Crippen molar-refractivity contribution in [3.8, 4) is 0 Å². The Balaban J connectivity index is 1.94. The van der Waals surface area contributed by atoms with E-state index in [1.807, 2.05) is 24.3 Å². The number of hydrogen-bond donors (Lipinski definition) is 2. The summed E-state index contributed by atoms with van der Waals surface area (Å²) in [5.41, 5.74) is 2.16. The van der Waals surface area contributed by atoms with Crippen molar-refractivity contribution in [1.82, 2.24) is 5.32 Å². The van der Waals surface area contributed by atoms with Crippen molar-refractivity contribution in [2.24, 2.45) is 5.41 Å². The number of carbonyl (C=O) groups excluding carboxylic acids is 1. The number of carbonyl (C=O) groups is 1. The Morgan fingerprint density at radius 2 is 2.00 bits per heavy atom. The van der Waals surface area contributed by atoms with Gasteiger partial charge in [-0.25, -0.2) is 0 Å². The maximum absolute atomic E-state index is 12.3. The normalized spacial score (nSPS) is 21.2. The Labute approximate surface area is 122 Å². The van der Waals surface area contributed by atoms with Gasteiger partial charge in [0.05, 0.1) is 0 Å². The molecule has 3 nitrogen and oxygen atoms in total. The molecule has 0 aromatic heterocycles. The van der Waals surface area contributed by atoms with Crippen LogP contribution < -0.4 is 10.6 Å². The fraction of sp³-hybridized carbons (Fsp3) is 0.588. The van der Waals surface area contributed by atoms with E-state index >= 15 is 0 Å². The van der Waals surface area contributed by atoms with Gasteiger partial charge in [-0.2, -0.15) is 0 Å². The van der Waals surface area contributed by atoms with Gasteiger partial charge in [-0.3, -0.25) is 4.79 Å². The molecule has 0 aliphatic heterocycles. The van der Waals surface area contributed by atoms with Crippen LogP contribution in [0.2, 0.25) is 0 Å². The minimum Gasteiger partial charge on any atom is -0.385 e. The third-order valence-corrected chi connectivity index (χ3v) is 4.07. The lowest BCUT2D eigenvalue weighted by Gasteiger charge is -2.35. The predicted molar refractivity (Wildman–Crippen MR) is 84.1 cm³/mol. The molecule has 1 fully saturated rings. The number of nitrogens with one attached hydrogen (secondary N) is 2. The summed E-state index contributed by atoms with van der Waals surface area (Å²) < 4.78 is 0. The summed E-state index contributed by atoms with van der Waals surface area (Å²) in [5, 5.41) is 6.42. The molecular weight excluding hydrogens is 248 g/mol. The first-order valence-corrected chi connectivity index (χ1v) is 7.65. The quantitative estimate of drug-likeness (QED) is 0.876. The molecule has 0 saturated heterocycles. The molecule has 0 heterocycles. The monoisotopic (exact) mass is 274 g/mol. The summed E-state index contributed by atoms with van der Waals surface area (Å²) in [6, 6.07) is 8.02. The van der Waals surface area contributed by atoms with E-state index in [1.165, 1.54) is 12.8 Å². The molecule has 1 aromatic rings. The predicted octanol–water partition coefficient (Wildman–Crippen LogP) is 3.82. The van der Waals surface area contributed by atoms with Gasteiger partial charge in [0.1, 0.15) is 0 Å². The van der Waals surface area contributed by atoms with E-state index in [0.29, 0.717) is 11.5 Å². The second-order valence-electron chi connectivity index (χ2n) is 6.54. The number of amides is 1. The van der Waals surface area contributed by atoms with E-state index in [4.69, 9.17) is 0 Å². The van der Waals surface area contributed by atoms with Crippen molar-refractivity contribution in [2.75, 3.05) is 11.9 Å². The van der Waals surface area contributed by atoms with Gasteiger partial charge in [0, 0.05) is 23.8 Å². The molecule has 0 bridgehead atoms. The minimum atomic E-state index is 0.0516. The van der Waals surface area contributed by atoms with Gasteiger partial charge in [-0.1, -0.05) is 20.3 Å². The molecular formula is C17H26N2O. The van der Waals surface area contributed by atoms with Crippen molar-refractivity contribution in [3.63, 3.8) is 0 Å². The number of hydrogen-bond acceptors (Lipinski definition) is 2. The molecule has 0 radical (unpaired) electrons. The zero-order valence-electron chi connectivity index (χ0n) is 12.8. The molecule has 1 aliphatic rings. The molecule has 20 heavy (non-hydrogen) atoms. The Kier molecular flexibility index (Phi) is 4.69. The van der Waals surface area contributed by atoms with E-state index < -0.39 is 0 Å². The molecule has 3 heteroatoms. The van der Waals surface area contributed by atoms with E-state index in [-0.39, 0.29) is 5.91 Å². The van der Waals surface area contributed by atoms with Crippen molar-refractivity contribution in [2.45, 2.75) is 52.5 Å². The first-order valence-electron chi connectivity index (χ1n) is 7.65. The van der Waals surface area contributed by atoms with Crippen LogP contribution in [0, 0.1) is 5.41 Å². The maximum Gasteiger partial charge on any atom is 0.251 e. The van der Waals surface area contributed by atoms with Crippen molar-refractivity contribution in [3.05, 3.63) is 29.8 Å². The third kappa shape index (κ3) is 3.99. The molecule has 1 amide bonds. The van der Waals surface area contributed by atoms with Gasteiger partial charge in [0.25, 0.3) is 5.91 Å². The SMILES string of the molecule is CCNc1ccc(C(=O)NC2CCCC(C)(C)C2)cc1. The minimum absolute atomic E-state index is 0.0516. The summed E-state index contributed by atoms with van der Waals surface area (Å²) in [6.07, 6.45) is 4.65. The molecule has 110 valence electrons. The molecule has 1 aromatic carbocycles. The van der Waals surface area contributed by atoms with Crippen LogP contribution in [0.15, 0.2) is 24.3 Å². The molecule has 1 unspecified atom stereocenters. The van der Waals surface area contributed by atoms with Crippen molar-refractivity contribution in [1.29, 1.82) is 0 Å². The average Bonchev–Trinajstić information content (AvgIpc) is 2.38. The third-order valence-electron chi connectivity index (χ3n) is 4.07. The van der Waals surface area contributed by atoms with Gasteiger partial charge in [0.15, 0.2) is 0 Å². The first-order chi connectivity index (χ1) is 9.50. The summed E-state index contributed by atoms with van der Waals surface area (Å²) in [7, 11) is 0. The standard InChI is InChI=1S/C17H26N2O/c1-4-18-14-9-7-13(8-10-14)16(20)19-15-6-5-11-17(2,3)12-15/h7-10,15,18H,4-6,11-12H2,1-3H3,(H,19,20).